The molecular weight excluding hydrogens is 509 g/mol. The zero-order valence-electron chi connectivity index (χ0n) is 20.2. The summed E-state index contributed by atoms with van der Waals surface area (Å²) < 4.78 is 2.36. The van der Waals surface area contributed by atoms with Crippen molar-refractivity contribution in [1.29, 1.82) is 0 Å². The minimum atomic E-state index is -0.139. The molecule has 1 heterocycles. The van der Waals surface area contributed by atoms with Crippen LogP contribution in [0, 0.1) is 0 Å². The molecule has 1 amide bonds. The molecule has 0 saturated carbocycles. The summed E-state index contributed by atoms with van der Waals surface area (Å²) in [5.41, 5.74) is 5.00. The number of aromatic nitrogens is 2. The Bertz CT molecular complexity index is 1290. The minimum absolute atomic E-state index is 0.139. The topological polar surface area (TPSA) is 46.9 Å². The predicted octanol–water partition coefficient (Wildman–Crippen LogP) is 8.24. The molecule has 1 N–H and O–H groups in total. The minimum Gasteiger partial charge on any atom is -0.352 e. The molecule has 0 saturated heterocycles. The summed E-state index contributed by atoms with van der Waals surface area (Å²) >= 11 is 13.7. The molecule has 1 aromatic heterocycles. The molecule has 4 nitrogen and oxygen atoms in total. The Kier molecular flexibility index (Phi) is 9.51. The van der Waals surface area contributed by atoms with Crippen molar-refractivity contribution in [2.45, 2.75) is 37.9 Å². The van der Waals surface area contributed by atoms with Gasteiger partial charge in [0.25, 0.3) is 5.91 Å². The van der Waals surface area contributed by atoms with E-state index in [1.165, 1.54) is 11.3 Å². The second kappa shape index (κ2) is 13.0. The predicted molar refractivity (Wildman–Crippen MR) is 152 cm³/mol. The maximum atomic E-state index is 12.4. The van der Waals surface area contributed by atoms with Gasteiger partial charge >= 0.3 is 0 Å². The lowest BCUT2D eigenvalue weighted by Gasteiger charge is -2.12. The first kappa shape index (κ1) is 26.3. The van der Waals surface area contributed by atoms with Crippen LogP contribution >= 0.6 is 35.0 Å². The van der Waals surface area contributed by atoms with Gasteiger partial charge in [-0.2, -0.15) is 0 Å². The second-order valence-electron chi connectivity index (χ2n) is 8.42. The van der Waals surface area contributed by atoms with Crippen molar-refractivity contribution in [3.8, 4) is 22.5 Å². The van der Waals surface area contributed by atoms with Crippen LogP contribution in [0.15, 0.2) is 84.0 Å². The van der Waals surface area contributed by atoms with Crippen LogP contribution in [0.5, 0.6) is 0 Å². The standard InChI is InChI=1S/C29H29Cl2N3OS/c1-2-18-34-27(22-13-7-4-8-14-22)26(21-11-5-3-6-12-21)33-29(34)36-19-10-9-17-32-28(35)23-15-16-24(30)25(31)20-23/h3-8,11-16,20H,2,9-10,17-19H2,1H3,(H,32,35). The first-order valence-electron chi connectivity index (χ1n) is 12.2. The van der Waals surface area contributed by atoms with Gasteiger partial charge in [-0.05, 0) is 37.5 Å². The van der Waals surface area contributed by atoms with Gasteiger partial charge in [-0.1, -0.05) is 103 Å². The van der Waals surface area contributed by atoms with Crippen LogP contribution in [0.4, 0.5) is 0 Å². The van der Waals surface area contributed by atoms with Gasteiger partial charge in [-0.3, -0.25) is 4.79 Å². The second-order valence-corrected chi connectivity index (χ2v) is 10.3. The molecule has 0 aliphatic rings. The average molecular weight is 539 g/mol. The molecule has 0 fully saturated rings. The lowest BCUT2D eigenvalue weighted by Crippen LogP contribution is -2.24. The Morgan fingerprint density at radius 2 is 1.61 bits per heavy atom. The van der Waals surface area contributed by atoms with Gasteiger partial charge in [-0.15, -0.1) is 0 Å². The van der Waals surface area contributed by atoms with E-state index in [1.807, 2.05) is 12.1 Å². The number of carbonyl (C=O) groups is 1. The fourth-order valence-electron chi connectivity index (χ4n) is 3.99. The maximum Gasteiger partial charge on any atom is 0.251 e. The van der Waals surface area contributed by atoms with Crippen molar-refractivity contribution in [2.24, 2.45) is 0 Å². The highest BCUT2D eigenvalue weighted by Crippen LogP contribution is 2.36. The summed E-state index contributed by atoms with van der Waals surface area (Å²) in [7, 11) is 0. The molecule has 0 bridgehead atoms. The largest absolute Gasteiger partial charge is 0.352 e. The summed E-state index contributed by atoms with van der Waals surface area (Å²) in [4.78, 5) is 17.5. The summed E-state index contributed by atoms with van der Waals surface area (Å²) in [5.74, 6) is 0.783. The van der Waals surface area contributed by atoms with Crippen LogP contribution in [-0.4, -0.2) is 27.8 Å². The van der Waals surface area contributed by atoms with Gasteiger partial charge in [0.15, 0.2) is 5.16 Å². The third-order valence-corrected chi connectivity index (χ3v) is 7.55. The Balaban J connectivity index is 1.41. The lowest BCUT2D eigenvalue weighted by molar-refractivity contribution is 0.0953. The maximum absolute atomic E-state index is 12.4. The number of unbranched alkanes of at least 4 members (excludes halogenated alkanes) is 1. The number of halogens is 2. The van der Waals surface area contributed by atoms with Gasteiger partial charge < -0.3 is 9.88 Å². The molecule has 0 aliphatic carbocycles. The molecule has 36 heavy (non-hydrogen) atoms. The molecule has 3 aromatic carbocycles. The number of amides is 1. The number of imidazole rings is 1. The van der Waals surface area contributed by atoms with Crippen molar-refractivity contribution in [3.63, 3.8) is 0 Å². The lowest BCUT2D eigenvalue weighted by atomic mass is 10.0. The molecule has 4 aromatic rings. The highest BCUT2D eigenvalue weighted by Gasteiger charge is 2.19. The summed E-state index contributed by atoms with van der Waals surface area (Å²) in [6, 6.07) is 25.8. The van der Waals surface area contributed by atoms with Gasteiger partial charge in [0.05, 0.1) is 21.4 Å². The van der Waals surface area contributed by atoms with E-state index in [0.29, 0.717) is 22.2 Å². The van der Waals surface area contributed by atoms with Crippen LogP contribution in [0.3, 0.4) is 0 Å². The molecule has 0 spiro atoms. The molecule has 4 rings (SSSR count). The molecule has 186 valence electrons. The average Bonchev–Trinajstić information content (AvgIpc) is 3.27. The van der Waals surface area contributed by atoms with Crippen molar-refractivity contribution < 1.29 is 4.79 Å². The number of hydrogen-bond donors (Lipinski definition) is 1. The van der Waals surface area contributed by atoms with Gasteiger partial charge in [0.2, 0.25) is 0 Å². The fraction of sp³-hybridized carbons (Fsp3) is 0.241. The number of nitrogens with zero attached hydrogens (tertiary/aromatic N) is 2. The van der Waals surface area contributed by atoms with Crippen LogP contribution in [-0.2, 0) is 6.54 Å². The molecule has 0 aliphatic heterocycles. The highest BCUT2D eigenvalue weighted by atomic mass is 35.5. The van der Waals surface area contributed by atoms with Gasteiger partial charge in [0.1, 0.15) is 0 Å². The molecule has 0 radical (unpaired) electrons. The van der Waals surface area contributed by atoms with Gasteiger partial charge in [0, 0.05) is 35.5 Å². The van der Waals surface area contributed by atoms with Crippen LogP contribution in [0.1, 0.15) is 36.5 Å². The number of thioether (sulfide) groups is 1. The van der Waals surface area contributed by atoms with Crippen LogP contribution in [0.2, 0.25) is 10.0 Å². The van der Waals surface area contributed by atoms with E-state index in [4.69, 9.17) is 28.2 Å². The third kappa shape index (κ3) is 6.52. The van der Waals surface area contributed by atoms with Crippen molar-refractivity contribution in [2.75, 3.05) is 12.3 Å². The quantitative estimate of drug-likeness (QED) is 0.155. The van der Waals surface area contributed by atoms with E-state index in [9.17, 15) is 4.79 Å². The van der Waals surface area contributed by atoms with E-state index in [1.54, 1.807) is 30.0 Å². The first-order chi connectivity index (χ1) is 17.6. The molecule has 7 heteroatoms. The van der Waals surface area contributed by atoms with Crippen molar-refractivity contribution in [3.05, 3.63) is 94.5 Å². The SMILES string of the molecule is CCCn1c(SCCCCNC(=O)c2ccc(Cl)c(Cl)c2)nc(-c2ccccc2)c1-c1ccccc1. The van der Waals surface area contributed by atoms with E-state index in [2.05, 4.69) is 65.3 Å². The van der Waals surface area contributed by atoms with Crippen molar-refractivity contribution >= 4 is 40.9 Å². The van der Waals surface area contributed by atoms with E-state index < -0.39 is 0 Å². The number of hydrogen-bond acceptors (Lipinski definition) is 3. The number of rotatable bonds is 11. The Hall–Kier alpha value is -2.73. The van der Waals surface area contributed by atoms with Crippen LogP contribution < -0.4 is 5.32 Å². The monoisotopic (exact) mass is 537 g/mol. The summed E-state index contributed by atoms with van der Waals surface area (Å²) in [5, 5.41) is 4.82. The zero-order valence-corrected chi connectivity index (χ0v) is 22.5. The smallest absolute Gasteiger partial charge is 0.251 e. The summed E-state index contributed by atoms with van der Waals surface area (Å²) in [6.07, 6.45) is 2.87. The molecule has 0 unspecified atom stereocenters. The Morgan fingerprint density at radius 1 is 0.917 bits per heavy atom. The number of nitrogens with one attached hydrogen (secondary N) is 1. The number of benzene rings is 3. The summed E-state index contributed by atoms with van der Waals surface area (Å²) in [6.45, 7) is 3.71. The Morgan fingerprint density at radius 3 is 2.28 bits per heavy atom. The van der Waals surface area contributed by atoms with Crippen molar-refractivity contribution in [1.82, 2.24) is 14.9 Å². The van der Waals surface area contributed by atoms with E-state index >= 15 is 0 Å². The van der Waals surface area contributed by atoms with E-state index in [-0.39, 0.29) is 5.91 Å². The molecular formula is C29H29Cl2N3OS. The van der Waals surface area contributed by atoms with Crippen LogP contribution in [0.25, 0.3) is 22.5 Å². The van der Waals surface area contributed by atoms with Gasteiger partial charge in [-0.25, -0.2) is 4.98 Å². The Labute approximate surface area is 227 Å². The zero-order chi connectivity index (χ0) is 25.3. The normalized spacial score (nSPS) is 11.0. The first-order valence-corrected chi connectivity index (χ1v) is 13.9. The third-order valence-electron chi connectivity index (χ3n) is 5.74. The highest BCUT2D eigenvalue weighted by molar-refractivity contribution is 7.99. The number of carbonyl (C=O) groups excluding carboxylic acids is 1. The fourth-order valence-corrected chi connectivity index (χ4v) is 5.31. The van der Waals surface area contributed by atoms with E-state index in [0.717, 1.165) is 48.0 Å². The molecule has 0 atom stereocenters.